The summed E-state index contributed by atoms with van der Waals surface area (Å²) >= 11 is 1.38. The highest BCUT2D eigenvalue weighted by Crippen LogP contribution is 2.34. The molecule has 1 aliphatic heterocycles. The quantitative estimate of drug-likeness (QED) is 0.571. The van der Waals surface area contributed by atoms with Crippen molar-refractivity contribution in [1.82, 2.24) is 29.8 Å². The third-order valence-electron chi connectivity index (χ3n) is 5.06. The summed E-state index contributed by atoms with van der Waals surface area (Å²) in [6, 6.07) is 5.01. The van der Waals surface area contributed by atoms with E-state index in [1.807, 2.05) is 6.26 Å². The third kappa shape index (κ3) is 4.88. The molecule has 9 nitrogen and oxygen atoms in total. The molecular weight excluding hydrogens is 447 g/mol. The van der Waals surface area contributed by atoms with E-state index >= 15 is 0 Å². The smallest absolute Gasteiger partial charge is 0.416 e. The van der Waals surface area contributed by atoms with E-state index in [-0.39, 0.29) is 17.5 Å². The number of alkyl halides is 3. The van der Waals surface area contributed by atoms with Gasteiger partial charge in [0.2, 0.25) is 12.3 Å². The summed E-state index contributed by atoms with van der Waals surface area (Å²) in [5, 5.41) is 11.6. The molecule has 2 aromatic heterocycles. The number of halogens is 3. The van der Waals surface area contributed by atoms with Gasteiger partial charge in [-0.2, -0.15) is 17.9 Å². The average Bonchev–Trinajstić information content (AvgIpc) is 3.46. The highest BCUT2D eigenvalue weighted by atomic mass is 32.2. The van der Waals surface area contributed by atoms with Gasteiger partial charge < -0.3 is 14.0 Å². The Bertz CT molecular complexity index is 1060. The predicted octanol–water partition coefficient (Wildman–Crippen LogP) is 3.43. The van der Waals surface area contributed by atoms with Crippen LogP contribution in [0.2, 0.25) is 0 Å². The summed E-state index contributed by atoms with van der Waals surface area (Å²) in [7, 11) is 0. The highest BCUT2D eigenvalue weighted by Gasteiger charge is 2.32. The number of amides is 1. The lowest BCUT2D eigenvalue weighted by atomic mass is 10.0. The zero-order valence-corrected chi connectivity index (χ0v) is 17.9. The average molecular weight is 467 g/mol. The van der Waals surface area contributed by atoms with Crippen LogP contribution >= 0.6 is 11.9 Å². The van der Waals surface area contributed by atoms with Gasteiger partial charge in [-0.3, -0.25) is 4.90 Å². The maximum absolute atomic E-state index is 13.2. The summed E-state index contributed by atoms with van der Waals surface area (Å²) < 4.78 is 48.9. The summed E-state index contributed by atoms with van der Waals surface area (Å²) in [5.74, 6) is 0.633. The van der Waals surface area contributed by atoms with E-state index in [0.29, 0.717) is 44.1 Å². The molecule has 3 aromatic rings. The van der Waals surface area contributed by atoms with Crippen molar-refractivity contribution in [3.63, 3.8) is 0 Å². The van der Waals surface area contributed by atoms with E-state index in [1.54, 1.807) is 17.2 Å². The van der Waals surface area contributed by atoms with Crippen LogP contribution in [-0.4, -0.2) is 68.2 Å². The van der Waals surface area contributed by atoms with Gasteiger partial charge in [0.25, 0.3) is 0 Å². The molecular formula is C19H20F3N7O2S. The van der Waals surface area contributed by atoms with Crippen molar-refractivity contribution in [1.29, 1.82) is 0 Å². The van der Waals surface area contributed by atoms with E-state index in [9.17, 15) is 18.0 Å². The predicted molar refractivity (Wildman–Crippen MR) is 112 cm³/mol. The third-order valence-corrected chi connectivity index (χ3v) is 5.47. The Balaban J connectivity index is 1.43. The minimum atomic E-state index is -4.48. The lowest BCUT2D eigenvalue weighted by Gasteiger charge is -2.34. The van der Waals surface area contributed by atoms with Gasteiger partial charge in [-0.05, 0) is 17.7 Å². The number of hydrogen-bond acceptors (Lipinski definition) is 8. The van der Waals surface area contributed by atoms with Crippen LogP contribution in [0.3, 0.4) is 0 Å². The molecule has 0 bridgehead atoms. The fourth-order valence-corrected chi connectivity index (χ4v) is 3.77. The first-order chi connectivity index (χ1) is 15.3. The van der Waals surface area contributed by atoms with Crippen LogP contribution in [0, 0.1) is 0 Å². The van der Waals surface area contributed by atoms with Crippen LogP contribution in [0.5, 0.6) is 0 Å². The Hall–Kier alpha value is -3.06. The molecule has 0 saturated carbocycles. The molecule has 4 rings (SSSR count). The van der Waals surface area contributed by atoms with Crippen LogP contribution in [-0.2, 0) is 12.7 Å². The minimum absolute atomic E-state index is 0.0354. The maximum atomic E-state index is 13.2. The number of carbonyl (C=O) groups excluding carboxylic acids is 1. The standard InChI is InChI=1S/C19H20F3N7O2S/c1-32-26-16-4-5-29(25-16)18(30)28-8-6-27(7-9-28)11-13-2-3-14(19(20,21)22)10-15(13)17-24-23-12-31-17/h2-5,10,12H,6-9,11H2,1H3,(H,25,26). The molecule has 1 aromatic carbocycles. The van der Waals surface area contributed by atoms with Crippen LogP contribution in [0.4, 0.5) is 23.8 Å². The number of nitrogens with one attached hydrogen (secondary N) is 1. The largest absolute Gasteiger partial charge is 0.423 e. The van der Waals surface area contributed by atoms with E-state index < -0.39 is 11.7 Å². The molecule has 3 heterocycles. The Morgan fingerprint density at radius 3 is 2.66 bits per heavy atom. The first kappa shape index (κ1) is 22.1. The van der Waals surface area contributed by atoms with E-state index in [2.05, 4.69) is 24.9 Å². The maximum Gasteiger partial charge on any atom is 0.416 e. The van der Waals surface area contributed by atoms with Crippen molar-refractivity contribution in [2.75, 3.05) is 37.2 Å². The Labute approximate surface area is 185 Å². The number of carbonyl (C=O) groups is 1. The second-order valence-corrected chi connectivity index (χ2v) is 7.72. The minimum Gasteiger partial charge on any atom is -0.423 e. The Morgan fingerprint density at radius 1 is 1.22 bits per heavy atom. The fourth-order valence-electron chi connectivity index (χ4n) is 3.45. The van der Waals surface area contributed by atoms with E-state index in [4.69, 9.17) is 4.42 Å². The normalized spacial score (nSPS) is 15.2. The van der Waals surface area contributed by atoms with Crippen molar-refractivity contribution >= 4 is 23.8 Å². The zero-order valence-electron chi connectivity index (χ0n) is 17.0. The number of anilines is 1. The molecule has 0 aliphatic carbocycles. The Morgan fingerprint density at radius 2 is 2.00 bits per heavy atom. The molecule has 1 saturated heterocycles. The first-order valence-corrected chi connectivity index (χ1v) is 10.9. The number of rotatable bonds is 5. The Kier molecular flexibility index (Phi) is 6.37. The van der Waals surface area contributed by atoms with Gasteiger partial charge in [0.1, 0.15) is 0 Å². The van der Waals surface area contributed by atoms with Crippen LogP contribution in [0.25, 0.3) is 11.5 Å². The van der Waals surface area contributed by atoms with Gasteiger partial charge in [0, 0.05) is 56.8 Å². The zero-order chi connectivity index (χ0) is 22.7. The molecule has 0 unspecified atom stereocenters. The fraction of sp³-hybridized carbons (Fsp3) is 0.368. The van der Waals surface area contributed by atoms with Crippen molar-refractivity contribution in [3.05, 3.63) is 48.0 Å². The van der Waals surface area contributed by atoms with Crippen molar-refractivity contribution in [2.24, 2.45) is 0 Å². The molecule has 1 fully saturated rings. The molecule has 0 atom stereocenters. The second-order valence-electron chi connectivity index (χ2n) is 7.11. The SMILES string of the molecule is CSNc1ccn(C(=O)N2CCN(Cc3ccc(C(F)(F)F)cc3-c3nnco3)CC2)n1. The number of nitrogens with zero attached hydrogens (tertiary/aromatic N) is 6. The van der Waals surface area contributed by atoms with Crippen LogP contribution in [0.1, 0.15) is 11.1 Å². The van der Waals surface area contributed by atoms with Crippen molar-refractivity contribution in [3.8, 4) is 11.5 Å². The molecule has 1 N–H and O–H groups in total. The van der Waals surface area contributed by atoms with Crippen LogP contribution < -0.4 is 4.72 Å². The van der Waals surface area contributed by atoms with E-state index in [0.717, 1.165) is 18.5 Å². The molecule has 0 radical (unpaired) electrons. The van der Waals surface area contributed by atoms with Crippen LogP contribution in [0.15, 0.2) is 41.3 Å². The monoisotopic (exact) mass is 467 g/mol. The van der Waals surface area contributed by atoms with Gasteiger partial charge in [0.15, 0.2) is 5.82 Å². The van der Waals surface area contributed by atoms with Gasteiger partial charge in [-0.15, -0.1) is 15.3 Å². The summed E-state index contributed by atoms with van der Waals surface area (Å²) in [6.45, 7) is 2.46. The summed E-state index contributed by atoms with van der Waals surface area (Å²) in [4.78, 5) is 16.4. The van der Waals surface area contributed by atoms with Crippen molar-refractivity contribution < 1.29 is 22.4 Å². The van der Waals surface area contributed by atoms with Gasteiger partial charge in [-0.25, -0.2) is 4.79 Å². The molecule has 1 aliphatic rings. The molecule has 13 heteroatoms. The molecule has 1 amide bonds. The molecule has 170 valence electrons. The van der Waals surface area contributed by atoms with E-state index in [1.165, 1.54) is 22.7 Å². The number of benzene rings is 1. The molecule has 0 spiro atoms. The topological polar surface area (TPSA) is 92.3 Å². The van der Waals surface area contributed by atoms with Gasteiger partial charge in [-0.1, -0.05) is 18.0 Å². The lowest BCUT2D eigenvalue weighted by molar-refractivity contribution is -0.137. The lowest BCUT2D eigenvalue weighted by Crippen LogP contribution is -2.49. The first-order valence-electron chi connectivity index (χ1n) is 9.68. The summed E-state index contributed by atoms with van der Waals surface area (Å²) in [5.41, 5.74) is 0.113. The number of hydrogen-bond donors (Lipinski definition) is 1. The second kappa shape index (κ2) is 9.20. The van der Waals surface area contributed by atoms with Gasteiger partial charge in [0.05, 0.1) is 5.56 Å². The van der Waals surface area contributed by atoms with Gasteiger partial charge >= 0.3 is 12.2 Å². The highest BCUT2D eigenvalue weighted by molar-refractivity contribution is 7.99. The number of piperazine rings is 1. The molecule has 32 heavy (non-hydrogen) atoms. The number of aromatic nitrogens is 4. The summed E-state index contributed by atoms with van der Waals surface area (Å²) in [6.07, 6.45) is 0.0723. The van der Waals surface area contributed by atoms with Crippen molar-refractivity contribution in [2.45, 2.75) is 12.7 Å².